The number of ether oxygens (including phenoxy) is 1. The third-order valence-corrected chi connectivity index (χ3v) is 6.53. The quantitative estimate of drug-likeness (QED) is 0.407. The van der Waals surface area contributed by atoms with Gasteiger partial charge in [-0.25, -0.2) is 9.40 Å². The molecular formula is C25H20FN5O4S. The number of thioether (sulfide) groups is 1. The molecule has 0 saturated carbocycles. The minimum atomic E-state index is -0.897. The smallest absolute Gasteiger partial charge is 0.276 e. The summed E-state index contributed by atoms with van der Waals surface area (Å²) in [6.07, 6.45) is -0.897. The monoisotopic (exact) mass is 505 g/mol. The number of rotatable bonds is 6. The zero-order valence-corrected chi connectivity index (χ0v) is 19.9. The Bertz CT molecular complexity index is 1530. The average Bonchev–Trinajstić information content (AvgIpc) is 2.88. The summed E-state index contributed by atoms with van der Waals surface area (Å²) >= 11 is 1.17. The number of carbonyl (C=O) groups excluding carboxylic acids is 1. The van der Waals surface area contributed by atoms with Crippen LogP contribution in [0.1, 0.15) is 24.2 Å². The highest BCUT2D eigenvalue weighted by molar-refractivity contribution is 8.13. The molecule has 0 bridgehead atoms. The number of para-hydroxylation sites is 1. The van der Waals surface area contributed by atoms with Gasteiger partial charge in [0.05, 0.1) is 16.9 Å². The number of halogens is 1. The summed E-state index contributed by atoms with van der Waals surface area (Å²) in [6, 6.07) is 17.8. The van der Waals surface area contributed by atoms with Gasteiger partial charge in [0.2, 0.25) is 0 Å². The molecule has 0 aromatic heterocycles. The van der Waals surface area contributed by atoms with Crippen LogP contribution in [-0.4, -0.2) is 27.6 Å². The van der Waals surface area contributed by atoms with E-state index in [1.807, 2.05) is 0 Å². The van der Waals surface area contributed by atoms with Gasteiger partial charge in [-0.3, -0.25) is 25.2 Å². The molecule has 1 atom stereocenters. The molecule has 5 rings (SSSR count). The minimum Gasteiger partial charge on any atom is -0.493 e. The lowest BCUT2D eigenvalue weighted by Gasteiger charge is -2.34. The normalized spacial score (nSPS) is 16.3. The number of hydrogen-bond donors (Lipinski definition) is 1. The average molecular weight is 506 g/mol. The molecule has 0 spiro atoms. The second-order valence-electron chi connectivity index (χ2n) is 7.86. The molecule has 0 saturated heterocycles. The molecule has 0 radical (unpaired) electrons. The van der Waals surface area contributed by atoms with Crippen molar-refractivity contribution in [1.29, 1.82) is 0 Å². The van der Waals surface area contributed by atoms with E-state index in [-0.39, 0.29) is 28.1 Å². The molecule has 3 aromatic rings. The maximum absolute atomic E-state index is 14.1. The topological polar surface area (TPSA) is 109 Å². The summed E-state index contributed by atoms with van der Waals surface area (Å²) in [5.74, 6) is -0.110. The lowest BCUT2D eigenvalue weighted by molar-refractivity contribution is -0.385. The Morgan fingerprint density at radius 1 is 1.17 bits per heavy atom. The van der Waals surface area contributed by atoms with Crippen LogP contribution in [0, 0.1) is 15.9 Å². The number of hydrazone groups is 1. The Labute approximate surface area is 209 Å². The van der Waals surface area contributed by atoms with Crippen molar-refractivity contribution in [3.8, 4) is 5.75 Å². The highest BCUT2D eigenvalue weighted by Crippen LogP contribution is 2.37. The van der Waals surface area contributed by atoms with Gasteiger partial charge in [-0.05, 0) is 30.7 Å². The first kappa shape index (κ1) is 23.5. The van der Waals surface area contributed by atoms with E-state index in [0.717, 1.165) is 0 Å². The van der Waals surface area contributed by atoms with E-state index in [1.54, 1.807) is 49.4 Å². The van der Waals surface area contributed by atoms with Gasteiger partial charge in [-0.15, -0.1) is 5.10 Å². The van der Waals surface area contributed by atoms with Gasteiger partial charge in [0.25, 0.3) is 11.6 Å². The summed E-state index contributed by atoms with van der Waals surface area (Å²) < 4.78 is 19.9. The van der Waals surface area contributed by atoms with Crippen LogP contribution in [0.3, 0.4) is 0 Å². The van der Waals surface area contributed by atoms with Gasteiger partial charge in [-0.2, -0.15) is 0 Å². The van der Waals surface area contributed by atoms with Gasteiger partial charge in [-0.1, -0.05) is 48.2 Å². The van der Waals surface area contributed by atoms with Crippen molar-refractivity contribution in [2.75, 3.05) is 6.61 Å². The number of nitro benzene ring substituents is 1. The summed E-state index contributed by atoms with van der Waals surface area (Å²) in [6.45, 7) is 2.14. The van der Waals surface area contributed by atoms with E-state index in [0.29, 0.717) is 34.1 Å². The molecule has 0 unspecified atom stereocenters. The third kappa shape index (κ3) is 4.40. The van der Waals surface area contributed by atoms with E-state index >= 15 is 0 Å². The van der Waals surface area contributed by atoms with Crippen LogP contribution in [0.5, 0.6) is 5.75 Å². The van der Waals surface area contributed by atoms with Crippen molar-refractivity contribution in [2.45, 2.75) is 18.8 Å². The SMILES string of the molecule is CCOc1ccc([N+](=O)[O-])cc1[C@H]1N=c2ccccc2=C2C(=O)NC(SCc3ccccc3F)=NN21. The van der Waals surface area contributed by atoms with E-state index in [4.69, 9.17) is 9.73 Å². The highest BCUT2D eigenvalue weighted by atomic mass is 32.2. The second-order valence-corrected chi connectivity index (χ2v) is 8.83. The van der Waals surface area contributed by atoms with E-state index < -0.39 is 17.0 Å². The van der Waals surface area contributed by atoms with Crippen LogP contribution in [0.25, 0.3) is 5.70 Å². The fraction of sp³-hybridized carbons (Fsp3) is 0.160. The standard InChI is InChI=1S/C25H20FN5O4S/c1-2-35-21-12-11-16(31(33)34)13-18(21)23-27-20-10-6-4-8-17(20)22-24(32)28-25(29-30(22)23)36-14-15-7-3-5-9-19(15)26/h3-13,23H,2,14H2,1H3,(H,28,29,32)/t23-/m0/s1. The largest absolute Gasteiger partial charge is 0.493 e. The van der Waals surface area contributed by atoms with E-state index in [2.05, 4.69) is 10.4 Å². The van der Waals surface area contributed by atoms with Crippen molar-refractivity contribution in [1.82, 2.24) is 10.3 Å². The molecular weight excluding hydrogens is 485 g/mol. The molecule has 0 fully saturated rings. The first-order valence-electron chi connectivity index (χ1n) is 11.1. The summed E-state index contributed by atoms with van der Waals surface area (Å²) in [5, 5.41) is 21.8. The van der Waals surface area contributed by atoms with Crippen LogP contribution in [0.15, 0.2) is 76.8 Å². The molecule has 36 heavy (non-hydrogen) atoms. The Hall–Kier alpha value is -4.25. The van der Waals surface area contributed by atoms with Crippen LogP contribution < -0.4 is 20.6 Å². The van der Waals surface area contributed by atoms with Crippen LogP contribution >= 0.6 is 11.8 Å². The van der Waals surface area contributed by atoms with Crippen molar-refractivity contribution in [3.05, 3.63) is 104 Å². The summed E-state index contributed by atoms with van der Waals surface area (Å²) in [5.41, 5.74) is 0.991. The maximum atomic E-state index is 14.1. The lowest BCUT2D eigenvalue weighted by Crippen LogP contribution is -2.50. The molecule has 2 aliphatic heterocycles. The number of fused-ring (bicyclic) bond motifs is 2. The van der Waals surface area contributed by atoms with Crippen molar-refractivity contribution < 1.29 is 18.8 Å². The number of nitrogens with zero attached hydrogens (tertiary/aromatic N) is 4. The van der Waals surface area contributed by atoms with Crippen LogP contribution in [0.2, 0.25) is 0 Å². The van der Waals surface area contributed by atoms with Crippen molar-refractivity contribution >= 4 is 34.2 Å². The number of amidine groups is 1. The minimum absolute atomic E-state index is 0.136. The zero-order chi connectivity index (χ0) is 25.2. The number of benzene rings is 3. The Morgan fingerprint density at radius 2 is 1.94 bits per heavy atom. The van der Waals surface area contributed by atoms with Crippen molar-refractivity contribution in [2.24, 2.45) is 10.1 Å². The fourth-order valence-electron chi connectivity index (χ4n) is 3.99. The molecule has 9 nitrogen and oxygen atoms in total. The molecule has 11 heteroatoms. The maximum Gasteiger partial charge on any atom is 0.276 e. The molecule has 1 amide bonds. The predicted octanol–water partition coefficient (Wildman–Crippen LogP) is 3.21. The Morgan fingerprint density at radius 3 is 2.72 bits per heavy atom. The Balaban J connectivity index is 1.63. The van der Waals surface area contributed by atoms with Crippen molar-refractivity contribution in [3.63, 3.8) is 0 Å². The second kappa shape index (κ2) is 9.78. The fourth-order valence-corrected chi connectivity index (χ4v) is 4.83. The predicted molar refractivity (Wildman–Crippen MR) is 133 cm³/mol. The highest BCUT2D eigenvalue weighted by Gasteiger charge is 2.36. The number of non-ortho nitro benzene ring substituents is 1. The van der Waals surface area contributed by atoms with Crippen LogP contribution in [0.4, 0.5) is 10.1 Å². The van der Waals surface area contributed by atoms with Gasteiger partial charge >= 0.3 is 0 Å². The van der Waals surface area contributed by atoms with E-state index in [1.165, 1.54) is 41.0 Å². The van der Waals surface area contributed by atoms with Gasteiger partial charge in [0.15, 0.2) is 11.3 Å². The first-order chi connectivity index (χ1) is 17.5. The zero-order valence-electron chi connectivity index (χ0n) is 19.1. The first-order valence-corrected chi connectivity index (χ1v) is 12.1. The molecule has 1 N–H and O–H groups in total. The van der Waals surface area contributed by atoms with Crippen LogP contribution in [-0.2, 0) is 10.5 Å². The number of hydrogen-bond acceptors (Lipinski definition) is 8. The lowest BCUT2D eigenvalue weighted by atomic mass is 10.1. The molecule has 2 heterocycles. The molecule has 182 valence electrons. The number of carbonyl (C=O) groups is 1. The third-order valence-electron chi connectivity index (χ3n) is 5.62. The number of nitrogens with one attached hydrogen (secondary N) is 1. The number of nitro groups is 1. The molecule has 0 aliphatic carbocycles. The van der Waals surface area contributed by atoms with Gasteiger partial charge in [0, 0.05) is 28.7 Å². The van der Waals surface area contributed by atoms with Gasteiger partial charge in [0.1, 0.15) is 17.3 Å². The molecule has 3 aromatic carbocycles. The number of amides is 1. The Kier molecular flexibility index (Phi) is 6.38. The van der Waals surface area contributed by atoms with E-state index in [9.17, 15) is 19.3 Å². The van der Waals surface area contributed by atoms with Gasteiger partial charge < -0.3 is 4.74 Å². The summed E-state index contributed by atoms with van der Waals surface area (Å²) in [7, 11) is 0. The summed E-state index contributed by atoms with van der Waals surface area (Å²) in [4.78, 5) is 29.1. The molecule has 2 aliphatic rings.